The number of nitrogen functional groups attached to an aromatic ring is 2. The van der Waals surface area contributed by atoms with E-state index in [2.05, 4.69) is 4.98 Å². The van der Waals surface area contributed by atoms with Crippen LogP contribution in [0.1, 0.15) is 0 Å². The number of aromatic nitrogens is 1. The molecule has 0 bridgehead atoms. The third kappa shape index (κ3) is 2.00. The number of nitro groups is 1. The van der Waals surface area contributed by atoms with E-state index < -0.39 is 4.92 Å². The van der Waals surface area contributed by atoms with Crippen LogP contribution in [0.15, 0.2) is 36.7 Å². The molecule has 17 heavy (non-hydrogen) atoms. The molecule has 0 spiro atoms. The third-order valence-corrected chi connectivity index (χ3v) is 2.37. The Hall–Kier alpha value is -2.63. The Morgan fingerprint density at radius 1 is 1.18 bits per heavy atom. The standard InChI is InChI=1S/C11H10N4O2/c12-8-5-9(7-1-3-14-4-2-7)11(13)10(6-8)15(16)17/h1-6H,12-13H2. The number of hydrogen-bond acceptors (Lipinski definition) is 5. The van der Waals surface area contributed by atoms with Gasteiger partial charge in [0.25, 0.3) is 5.69 Å². The van der Waals surface area contributed by atoms with Crippen molar-refractivity contribution in [1.29, 1.82) is 0 Å². The maximum Gasteiger partial charge on any atom is 0.294 e. The van der Waals surface area contributed by atoms with Crippen LogP contribution < -0.4 is 11.5 Å². The Labute approximate surface area is 97.0 Å². The van der Waals surface area contributed by atoms with Gasteiger partial charge in [0.1, 0.15) is 5.69 Å². The van der Waals surface area contributed by atoms with Crippen molar-refractivity contribution in [3.8, 4) is 11.1 Å². The number of rotatable bonds is 2. The number of hydrogen-bond donors (Lipinski definition) is 2. The largest absolute Gasteiger partial charge is 0.399 e. The molecule has 2 aromatic rings. The summed E-state index contributed by atoms with van der Waals surface area (Å²) >= 11 is 0. The van der Waals surface area contributed by atoms with Crippen LogP contribution in [-0.4, -0.2) is 9.91 Å². The molecule has 1 aromatic carbocycles. The fourth-order valence-corrected chi connectivity index (χ4v) is 1.58. The number of benzene rings is 1. The molecular weight excluding hydrogens is 220 g/mol. The first-order valence-electron chi connectivity index (χ1n) is 4.83. The predicted octanol–water partition coefficient (Wildman–Crippen LogP) is 1.82. The highest BCUT2D eigenvalue weighted by Crippen LogP contribution is 2.35. The summed E-state index contributed by atoms with van der Waals surface area (Å²) in [5.41, 5.74) is 12.9. The first kappa shape index (κ1) is 10.9. The topological polar surface area (TPSA) is 108 Å². The molecule has 1 aromatic heterocycles. The summed E-state index contributed by atoms with van der Waals surface area (Å²) in [4.78, 5) is 14.1. The number of nitrogens with two attached hydrogens (primary N) is 2. The molecule has 1 heterocycles. The summed E-state index contributed by atoms with van der Waals surface area (Å²) < 4.78 is 0. The Balaban J connectivity index is 2.67. The van der Waals surface area contributed by atoms with Crippen molar-refractivity contribution in [3.05, 3.63) is 46.8 Å². The van der Waals surface area contributed by atoms with E-state index in [0.29, 0.717) is 11.3 Å². The minimum Gasteiger partial charge on any atom is -0.399 e. The van der Waals surface area contributed by atoms with E-state index in [-0.39, 0.29) is 11.4 Å². The fourth-order valence-electron chi connectivity index (χ4n) is 1.58. The van der Waals surface area contributed by atoms with Crippen LogP contribution in [0.3, 0.4) is 0 Å². The second-order valence-electron chi connectivity index (χ2n) is 3.49. The lowest BCUT2D eigenvalue weighted by Crippen LogP contribution is -2.00. The average Bonchev–Trinajstić information content (AvgIpc) is 2.32. The molecule has 0 saturated heterocycles. The first-order chi connectivity index (χ1) is 8.09. The van der Waals surface area contributed by atoms with E-state index in [0.717, 1.165) is 5.56 Å². The van der Waals surface area contributed by atoms with Crippen molar-refractivity contribution >= 4 is 17.1 Å². The van der Waals surface area contributed by atoms with Gasteiger partial charge in [-0.2, -0.15) is 0 Å². The second-order valence-corrected chi connectivity index (χ2v) is 3.49. The highest BCUT2D eigenvalue weighted by molar-refractivity contribution is 5.85. The van der Waals surface area contributed by atoms with Gasteiger partial charge >= 0.3 is 0 Å². The molecule has 0 saturated carbocycles. The molecular formula is C11H10N4O2. The van der Waals surface area contributed by atoms with Crippen LogP contribution in [0.25, 0.3) is 11.1 Å². The molecule has 86 valence electrons. The van der Waals surface area contributed by atoms with Gasteiger partial charge in [-0.25, -0.2) is 0 Å². The van der Waals surface area contributed by atoms with Gasteiger partial charge in [0.2, 0.25) is 0 Å². The van der Waals surface area contributed by atoms with Crippen molar-refractivity contribution in [2.45, 2.75) is 0 Å². The zero-order chi connectivity index (χ0) is 12.4. The Kier molecular flexibility index (Phi) is 2.61. The van der Waals surface area contributed by atoms with Crippen LogP contribution in [0.4, 0.5) is 17.1 Å². The molecule has 0 aliphatic rings. The first-order valence-corrected chi connectivity index (χ1v) is 4.83. The van der Waals surface area contributed by atoms with Crippen LogP contribution in [0.2, 0.25) is 0 Å². The normalized spacial score (nSPS) is 10.1. The third-order valence-electron chi connectivity index (χ3n) is 2.37. The molecule has 0 atom stereocenters. The molecule has 4 N–H and O–H groups in total. The molecule has 0 aliphatic carbocycles. The second kappa shape index (κ2) is 4.09. The van der Waals surface area contributed by atoms with E-state index in [4.69, 9.17) is 11.5 Å². The maximum absolute atomic E-state index is 10.8. The molecule has 0 amide bonds. The maximum atomic E-state index is 10.8. The van der Waals surface area contributed by atoms with Crippen LogP contribution in [0, 0.1) is 10.1 Å². The van der Waals surface area contributed by atoms with E-state index >= 15 is 0 Å². The molecule has 0 aliphatic heterocycles. The van der Waals surface area contributed by atoms with Crippen molar-refractivity contribution in [1.82, 2.24) is 4.98 Å². The predicted molar refractivity (Wildman–Crippen MR) is 65.2 cm³/mol. The van der Waals surface area contributed by atoms with Crippen LogP contribution in [0.5, 0.6) is 0 Å². The highest BCUT2D eigenvalue weighted by Gasteiger charge is 2.17. The summed E-state index contributed by atoms with van der Waals surface area (Å²) in [6.45, 7) is 0. The minimum atomic E-state index is -0.545. The van der Waals surface area contributed by atoms with Crippen LogP contribution in [-0.2, 0) is 0 Å². The zero-order valence-corrected chi connectivity index (χ0v) is 8.83. The Morgan fingerprint density at radius 3 is 2.41 bits per heavy atom. The fraction of sp³-hybridized carbons (Fsp3) is 0. The molecule has 6 nitrogen and oxygen atoms in total. The zero-order valence-electron chi connectivity index (χ0n) is 8.83. The van der Waals surface area contributed by atoms with Gasteiger partial charge < -0.3 is 11.5 Å². The van der Waals surface area contributed by atoms with Crippen molar-refractivity contribution in [2.24, 2.45) is 0 Å². The Bertz CT molecular complexity index is 569. The summed E-state index contributed by atoms with van der Waals surface area (Å²) in [6.07, 6.45) is 3.17. The quantitative estimate of drug-likeness (QED) is 0.464. The van der Waals surface area contributed by atoms with E-state index in [9.17, 15) is 10.1 Å². The average molecular weight is 230 g/mol. The van der Waals surface area contributed by atoms with Gasteiger partial charge in [-0.15, -0.1) is 0 Å². The van der Waals surface area contributed by atoms with Gasteiger partial charge in [0, 0.05) is 29.7 Å². The van der Waals surface area contributed by atoms with Crippen molar-refractivity contribution in [2.75, 3.05) is 11.5 Å². The van der Waals surface area contributed by atoms with Crippen molar-refractivity contribution < 1.29 is 4.92 Å². The lowest BCUT2D eigenvalue weighted by molar-refractivity contribution is -0.383. The lowest BCUT2D eigenvalue weighted by atomic mass is 10.0. The van der Waals surface area contributed by atoms with Gasteiger partial charge in [-0.05, 0) is 23.8 Å². The number of nitro benzene ring substituents is 1. The highest BCUT2D eigenvalue weighted by atomic mass is 16.6. The number of pyridine rings is 1. The van der Waals surface area contributed by atoms with Gasteiger partial charge in [-0.3, -0.25) is 15.1 Å². The van der Waals surface area contributed by atoms with Gasteiger partial charge in [0.05, 0.1) is 4.92 Å². The van der Waals surface area contributed by atoms with Gasteiger partial charge in [0.15, 0.2) is 0 Å². The molecule has 0 fully saturated rings. The summed E-state index contributed by atoms with van der Waals surface area (Å²) in [5, 5.41) is 10.8. The summed E-state index contributed by atoms with van der Waals surface area (Å²) in [7, 11) is 0. The molecule has 0 radical (unpaired) electrons. The van der Waals surface area contributed by atoms with E-state index in [1.807, 2.05) is 0 Å². The smallest absolute Gasteiger partial charge is 0.294 e. The van der Waals surface area contributed by atoms with Crippen molar-refractivity contribution in [3.63, 3.8) is 0 Å². The Morgan fingerprint density at radius 2 is 1.82 bits per heavy atom. The number of anilines is 2. The lowest BCUT2D eigenvalue weighted by Gasteiger charge is -2.07. The summed E-state index contributed by atoms with van der Waals surface area (Å²) in [6, 6.07) is 6.29. The number of nitrogens with zero attached hydrogens (tertiary/aromatic N) is 2. The summed E-state index contributed by atoms with van der Waals surface area (Å²) in [5.74, 6) is 0. The van der Waals surface area contributed by atoms with E-state index in [1.54, 1.807) is 30.6 Å². The molecule has 0 unspecified atom stereocenters. The monoisotopic (exact) mass is 230 g/mol. The molecule has 6 heteroatoms. The SMILES string of the molecule is Nc1cc(-c2ccncc2)c(N)c([N+](=O)[O-])c1. The minimum absolute atomic E-state index is 0.107. The molecule has 2 rings (SSSR count). The van der Waals surface area contributed by atoms with E-state index in [1.165, 1.54) is 6.07 Å². The van der Waals surface area contributed by atoms with Crippen LogP contribution >= 0.6 is 0 Å². The van der Waals surface area contributed by atoms with Gasteiger partial charge in [-0.1, -0.05) is 0 Å².